The Morgan fingerprint density at radius 3 is 2.89 bits per heavy atom. The second-order valence-corrected chi connectivity index (χ2v) is 6.92. The molecule has 1 atom stereocenters. The van der Waals surface area contributed by atoms with E-state index < -0.39 is 0 Å². The van der Waals surface area contributed by atoms with E-state index in [1.807, 2.05) is 32.2 Å². The van der Waals surface area contributed by atoms with E-state index in [4.69, 9.17) is 9.97 Å². The number of aromatic amines is 1. The van der Waals surface area contributed by atoms with E-state index in [1.54, 1.807) is 16.9 Å². The predicted octanol–water partition coefficient (Wildman–Crippen LogP) is 2.25. The Labute approximate surface area is 154 Å². The number of rotatable bonds is 2. The zero-order valence-electron chi connectivity index (χ0n) is 15.2. The molecule has 1 aromatic carbocycles. The van der Waals surface area contributed by atoms with Crippen LogP contribution in [0.5, 0.6) is 0 Å². The van der Waals surface area contributed by atoms with Crippen LogP contribution in [-0.4, -0.2) is 36.3 Å². The predicted molar refractivity (Wildman–Crippen MR) is 103 cm³/mol. The summed E-state index contributed by atoms with van der Waals surface area (Å²) in [5.41, 5.74) is 1.42. The Balaban J connectivity index is 1.66. The molecule has 0 amide bonds. The van der Waals surface area contributed by atoms with Crippen LogP contribution in [0.15, 0.2) is 35.3 Å². The van der Waals surface area contributed by atoms with Crippen LogP contribution in [0.25, 0.3) is 21.9 Å². The van der Waals surface area contributed by atoms with Crippen molar-refractivity contribution in [1.29, 1.82) is 0 Å². The molecule has 4 heterocycles. The first-order valence-corrected chi connectivity index (χ1v) is 9.04. The Bertz CT molecular complexity index is 1230. The van der Waals surface area contributed by atoms with Crippen LogP contribution in [0.4, 0.5) is 5.82 Å². The number of nitrogens with one attached hydrogen (secondary N) is 1. The van der Waals surface area contributed by atoms with E-state index in [-0.39, 0.29) is 11.6 Å². The quantitative estimate of drug-likeness (QED) is 0.589. The molecular formula is C19H19N7O. The fraction of sp³-hybridized carbons (Fsp3) is 0.316. The summed E-state index contributed by atoms with van der Waals surface area (Å²) < 4.78 is 1.76. The van der Waals surface area contributed by atoms with Gasteiger partial charge in [0, 0.05) is 13.6 Å². The lowest BCUT2D eigenvalue weighted by atomic mass is 10.2. The molecule has 1 saturated heterocycles. The fourth-order valence-electron chi connectivity index (χ4n) is 3.90. The number of nitrogens with zero attached hydrogens (tertiary/aromatic N) is 6. The van der Waals surface area contributed by atoms with E-state index in [0.717, 1.165) is 36.2 Å². The third-order valence-corrected chi connectivity index (χ3v) is 5.16. The molecule has 1 aliphatic heterocycles. The van der Waals surface area contributed by atoms with Gasteiger partial charge in [0.15, 0.2) is 5.65 Å². The van der Waals surface area contributed by atoms with Gasteiger partial charge in [0.2, 0.25) is 0 Å². The van der Waals surface area contributed by atoms with Crippen molar-refractivity contribution in [3.8, 4) is 0 Å². The Hall–Kier alpha value is -3.29. The molecule has 0 bridgehead atoms. The molecule has 0 spiro atoms. The minimum atomic E-state index is -0.104. The van der Waals surface area contributed by atoms with Crippen LogP contribution in [0.2, 0.25) is 0 Å². The number of para-hydroxylation sites is 1. The van der Waals surface area contributed by atoms with Crippen molar-refractivity contribution in [3.63, 3.8) is 0 Å². The van der Waals surface area contributed by atoms with Crippen LogP contribution in [0.3, 0.4) is 0 Å². The molecular weight excluding hydrogens is 342 g/mol. The lowest BCUT2D eigenvalue weighted by Gasteiger charge is -2.25. The van der Waals surface area contributed by atoms with Crippen LogP contribution in [0.1, 0.15) is 30.5 Å². The SMILES string of the molecule is Cc1nc(N2CCCC2c2nc3ccccc3c(=O)[nH]2)c2cnn(C)c2n1. The molecule has 0 radical (unpaired) electrons. The molecule has 1 unspecified atom stereocenters. The number of anilines is 1. The van der Waals surface area contributed by atoms with Crippen LogP contribution >= 0.6 is 0 Å². The molecule has 8 nitrogen and oxygen atoms in total. The molecule has 1 N–H and O–H groups in total. The van der Waals surface area contributed by atoms with E-state index in [2.05, 4.69) is 20.0 Å². The van der Waals surface area contributed by atoms with Crippen LogP contribution in [0, 0.1) is 6.92 Å². The molecule has 1 aliphatic rings. The smallest absolute Gasteiger partial charge is 0.258 e. The monoisotopic (exact) mass is 361 g/mol. The molecule has 8 heteroatoms. The minimum absolute atomic E-state index is 0.0278. The van der Waals surface area contributed by atoms with Gasteiger partial charge in [-0.3, -0.25) is 9.48 Å². The van der Waals surface area contributed by atoms with Gasteiger partial charge in [-0.15, -0.1) is 0 Å². The summed E-state index contributed by atoms with van der Waals surface area (Å²) in [7, 11) is 1.88. The van der Waals surface area contributed by atoms with Gasteiger partial charge in [-0.05, 0) is 31.9 Å². The standard InChI is InChI=1S/C19H19N7O/c1-11-21-17-13(10-20-25(17)2)18(22-11)26-9-5-8-15(26)16-23-14-7-4-3-6-12(14)19(27)24-16/h3-4,6-7,10,15H,5,8-9H2,1-2H3,(H,23,24,27). The van der Waals surface area contributed by atoms with Gasteiger partial charge in [-0.1, -0.05) is 12.1 Å². The maximum absolute atomic E-state index is 12.5. The molecule has 0 aliphatic carbocycles. The number of hydrogen-bond donors (Lipinski definition) is 1. The van der Waals surface area contributed by atoms with E-state index in [0.29, 0.717) is 22.6 Å². The highest BCUT2D eigenvalue weighted by Gasteiger charge is 2.31. The highest BCUT2D eigenvalue weighted by atomic mass is 16.1. The van der Waals surface area contributed by atoms with Crippen molar-refractivity contribution in [2.45, 2.75) is 25.8 Å². The fourth-order valence-corrected chi connectivity index (χ4v) is 3.90. The van der Waals surface area contributed by atoms with Gasteiger partial charge in [0.25, 0.3) is 5.56 Å². The lowest BCUT2D eigenvalue weighted by molar-refractivity contribution is 0.662. The highest BCUT2D eigenvalue weighted by Crippen LogP contribution is 2.36. The zero-order chi connectivity index (χ0) is 18.5. The molecule has 0 saturated carbocycles. The number of fused-ring (bicyclic) bond motifs is 2. The van der Waals surface area contributed by atoms with Gasteiger partial charge < -0.3 is 9.88 Å². The zero-order valence-corrected chi connectivity index (χ0v) is 15.2. The summed E-state index contributed by atoms with van der Waals surface area (Å²) in [6.45, 7) is 2.73. The second-order valence-electron chi connectivity index (χ2n) is 6.92. The molecule has 4 aromatic rings. The van der Waals surface area contributed by atoms with Crippen molar-refractivity contribution in [2.24, 2.45) is 7.05 Å². The third-order valence-electron chi connectivity index (χ3n) is 5.16. The number of aryl methyl sites for hydroxylation is 2. The second kappa shape index (κ2) is 5.87. The van der Waals surface area contributed by atoms with Crippen molar-refractivity contribution in [1.82, 2.24) is 29.7 Å². The molecule has 1 fully saturated rings. The van der Waals surface area contributed by atoms with E-state index in [9.17, 15) is 4.79 Å². The molecule has 5 rings (SSSR count). The van der Waals surface area contributed by atoms with Gasteiger partial charge in [0.1, 0.15) is 17.5 Å². The van der Waals surface area contributed by atoms with Crippen molar-refractivity contribution >= 4 is 27.8 Å². The first kappa shape index (κ1) is 15.9. The summed E-state index contributed by atoms with van der Waals surface area (Å²) in [6.07, 6.45) is 3.72. The largest absolute Gasteiger partial charge is 0.346 e. The van der Waals surface area contributed by atoms with Crippen LogP contribution < -0.4 is 10.5 Å². The van der Waals surface area contributed by atoms with Gasteiger partial charge >= 0.3 is 0 Å². The van der Waals surface area contributed by atoms with Crippen molar-refractivity contribution in [2.75, 3.05) is 11.4 Å². The Morgan fingerprint density at radius 2 is 2.00 bits per heavy atom. The molecule has 27 heavy (non-hydrogen) atoms. The maximum atomic E-state index is 12.5. The maximum Gasteiger partial charge on any atom is 0.258 e. The summed E-state index contributed by atoms with van der Waals surface area (Å²) in [6, 6.07) is 7.40. The number of aromatic nitrogens is 6. The summed E-state index contributed by atoms with van der Waals surface area (Å²) >= 11 is 0. The average Bonchev–Trinajstić information content (AvgIpc) is 3.29. The number of H-pyrrole nitrogens is 1. The normalized spacial score (nSPS) is 17.3. The topological polar surface area (TPSA) is 92.6 Å². The molecule has 136 valence electrons. The Morgan fingerprint density at radius 1 is 1.15 bits per heavy atom. The van der Waals surface area contributed by atoms with Crippen LogP contribution in [-0.2, 0) is 7.05 Å². The first-order chi connectivity index (χ1) is 13.1. The van der Waals surface area contributed by atoms with E-state index in [1.165, 1.54) is 0 Å². The lowest BCUT2D eigenvalue weighted by Crippen LogP contribution is -2.27. The van der Waals surface area contributed by atoms with E-state index >= 15 is 0 Å². The van der Waals surface area contributed by atoms with Gasteiger partial charge in [-0.2, -0.15) is 5.10 Å². The molecule has 3 aromatic heterocycles. The highest BCUT2D eigenvalue weighted by molar-refractivity contribution is 5.87. The summed E-state index contributed by atoms with van der Waals surface area (Å²) in [5.74, 6) is 2.24. The van der Waals surface area contributed by atoms with Gasteiger partial charge in [-0.25, -0.2) is 15.0 Å². The third kappa shape index (κ3) is 2.48. The average molecular weight is 361 g/mol. The number of benzene rings is 1. The first-order valence-electron chi connectivity index (χ1n) is 9.04. The summed E-state index contributed by atoms with van der Waals surface area (Å²) in [4.78, 5) is 31.7. The van der Waals surface area contributed by atoms with Gasteiger partial charge in [0.05, 0.1) is 28.5 Å². The Kier molecular flexibility index (Phi) is 3.46. The number of hydrogen-bond acceptors (Lipinski definition) is 6. The van der Waals surface area contributed by atoms with Crippen molar-refractivity contribution in [3.05, 3.63) is 52.5 Å². The summed E-state index contributed by atoms with van der Waals surface area (Å²) in [5, 5.41) is 5.86. The van der Waals surface area contributed by atoms with Crippen molar-refractivity contribution < 1.29 is 0 Å². The minimum Gasteiger partial charge on any atom is -0.346 e.